The third-order valence-electron chi connectivity index (χ3n) is 11.4. The minimum absolute atomic E-state index is 1.09. The van der Waals surface area contributed by atoms with E-state index in [4.69, 9.17) is 0 Å². The maximum Gasteiger partial charge on any atom is 0.0561 e. The first-order valence-electron chi connectivity index (χ1n) is 20.0. The molecule has 0 atom stereocenters. The summed E-state index contributed by atoms with van der Waals surface area (Å²) >= 11 is 0. The highest BCUT2D eigenvalue weighted by Gasteiger charge is 2.21. The zero-order chi connectivity index (χ0) is 39.0. The van der Waals surface area contributed by atoms with Gasteiger partial charge in [-0.05, 0) is 101 Å². The Balaban J connectivity index is 1.20. The number of fused-ring (bicyclic) bond motifs is 3. The van der Waals surface area contributed by atoms with Crippen molar-refractivity contribution in [1.82, 2.24) is 4.57 Å². The predicted molar refractivity (Wildman–Crippen MR) is 247 cm³/mol. The van der Waals surface area contributed by atoms with Crippen LogP contribution in [0.2, 0.25) is 0 Å². The van der Waals surface area contributed by atoms with Gasteiger partial charge in [-0.1, -0.05) is 181 Å². The first-order chi connectivity index (χ1) is 28.6. The van der Waals surface area contributed by atoms with Crippen LogP contribution >= 0.6 is 0 Å². The van der Waals surface area contributed by atoms with Crippen LogP contribution in [0.15, 0.2) is 218 Å². The highest BCUT2D eigenvalue weighted by molar-refractivity contribution is 6.10. The van der Waals surface area contributed by atoms with Gasteiger partial charge in [-0.15, -0.1) is 0 Å². The van der Waals surface area contributed by atoms with Gasteiger partial charge in [0.05, 0.1) is 16.7 Å². The molecule has 0 saturated heterocycles. The van der Waals surface area contributed by atoms with Crippen molar-refractivity contribution in [2.45, 2.75) is 13.8 Å². The van der Waals surface area contributed by atoms with Gasteiger partial charge in [0.25, 0.3) is 0 Å². The van der Waals surface area contributed by atoms with Crippen LogP contribution in [0.4, 0.5) is 17.1 Å². The fourth-order valence-electron chi connectivity index (χ4n) is 8.40. The first kappa shape index (κ1) is 35.0. The summed E-state index contributed by atoms with van der Waals surface area (Å²) in [5, 5.41) is 2.45. The first-order valence-corrected chi connectivity index (χ1v) is 20.0. The lowest BCUT2D eigenvalue weighted by Crippen LogP contribution is -2.11. The molecule has 9 aromatic carbocycles. The molecule has 0 aliphatic carbocycles. The highest BCUT2D eigenvalue weighted by atomic mass is 15.1. The minimum Gasteiger partial charge on any atom is -0.310 e. The summed E-state index contributed by atoms with van der Waals surface area (Å²) in [6.45, 7) is 4.29. The van der Waals surface area contributed by atoms with E-state index in [0.29, 0.717) is 0 Å². The molecular weight excluding hydrogens is 701 g/mol. The Bertz CT molecular complexity index is 3030. The van der Waals surface area contributed by atoms with Crippen LogP contribution in [0.5, 0.6) is 0 Å². The molecule has 0 aliphatic heterocycles. The minimum atomic E-state index is 1.09. The van der Waals surface area contributed by atoms with Crippen LogP contribution in [0, 0.1) is 13.8 Å². The third-order valence-corrected chi connectivity index (χ3v) is 11.4. The lowest BCUT2D eigenvalue weighted by molar-refractivity contribution is 1.18. The molecule has 2 nitrogen and oxygen atoms in total. The number of hydrogen-bond acceptors (Lipinski definition) is 1. The number of hydrogen-bond donors (Lipinski definition) is 0. The van der Waals surface area contributed by atoms with Crippen molar-refractivity contribution in [1.29, 1.82) is 0 Å². The van der Waals surface area contributed by atoms with E-state index < -0.39 is 0 Å². The maximum absolute atomic E-state index is 2.45. The molecule has 10 aromatic rings. The average molecular weight is 743 g/mol. The summed E-state index contributed by atoms with van der Waals surface area (Å²) in [6.07, 6.45) is 0. The largest absolute Gasteiger partial charge is 0.310 e. The predicted octanol–water partition coefficient (Wildman–Crippen LogP) is 15.5. The molecule has 0 fully saturated rings. The van der Waals surface area contributed by atoms with Gasteiger partial charge in [-0.3, -0.25) is 0 Å². The van der Waals surface area contributed by atoms with Gasteiger partial charge in [0, 0.05) is 33.4 Å². The Morgan fingerprint density at radius 3 is 1.55 bits per heavy atom. The summed E-state index contributed by atoms with van der Waals surface area (Å²) in [7, 11) is 0. The second kappa shape index (κ2) is 14.9. The van der Waals surface area contributed by atoms with Crippen molar-refractivity contribution in [3.05, 3.63) is 230 Å². The molecule has 0 amide bonds. The average Bonchev–Trinajstić information content (AvgIpc) is 3.61. The van der Waals surface area contributed by atoms with Gasteiger partial charge in [0.2, 0.25) is 0 Å². The molecule has 1 aromatic heterocycles. The lowest BCUT2D eigenvalue weighted by atomic mass is 9.93. The normalized spacial score (nSPS) is 11.3. The topological polar surface area (TPSA) is 8.17 Å². The second-order valence-corrected chi connectivity index (χ2v) is 15.1. The van der Waals surface area contributed by atoms with E-state index in [-0.39, 0.29) is 0 Å². The standard InChI is InChI=1S/C56H42N2/c1-39-21-25-44(26-22-39)49-35-33-47(37-53(49)45-27-23-40(2)24-28-45)58-55-20-12-10-18-51(55)52-36-34-48(38-56(52)58)57(46-31-29-42(30-32-46)41-13-5-3-6-14-41)54-19-11-9-17-50(54)43-15-7-4-8-16-43/h3-38H,1-2H3. The fraction of sp³-hybridized carbons (Fsp3) is 0.0357. The van der Waals surface area contributed by atoms with E-state index in [1.807, 2.05) is 0 Å². The van der Waals surface area contributed by atoms with Crippen LogP contribution < -0.4 is 4.90 Å². The van der Waals surface area contributed by atoms with E-state index in [2.05, 4.69) is 242 Å². The van der Waals surface area contributed by atoms with Crippen molar-refractivity contribution in [3.8, 4) is 50.2 Å². The molecule has 58 heavy (non-hydrogen) atoms. The summed E-state index contributed by atoms with van der Waals surface area (Å²) in [5.41, 5.74) is 18.8. The van der Waals surface area contributed by atoms with Crippen LogP contribution in [0.3, 0.4) is 0 Å². The lowest BCUT2D eigenvalue weighted by Gasteiger charge is -2.28. The van der Waals surface area contributed by atoms with Crippen molar-refractivity contribution >= 4 is 38.9 Å². The smallest absolute Gasteiger partial charge is 0.0561 e. The van der Waals surface area contributed by atoms with E-state index in [0.717, 1.165) is 28.3 Å². The van der Waals surface area contributed by atoms with Crippen LogP contribution in [-0.2, 0) is 0 Å². The molecule has 10 rings (SSSR count). The molecule has 2 heteroatoms. The Morgan fingerprint density at radius 2 is 0.845 bits per heavy atom. The summed E-state index contributed by atoms with van der Waals surface area (Å²) in [5.74, 6) is 0. The van der Waals surface area contributed by atoms with Gasteiger partial charge < -0.3 is 9.47 Å². The SMILES string of the molecule is Cc1ccc(-c2ccc(-n3c4ccccc4c4ccc(N(c5ccc(-c6ccccc6)cc5)c5ccccc5-c5ccccc5)cc43)cc2-c2ccc(C)cc2)cc1. The molecule has 0 spiro atoms. The molecule has 0 N–H and O–H groups in total. The second-order valence-electron chi connectivity index (χ2n) is 15.1. The molecule has 0 saturated carbocycles. The third kappa shape index (κ3) is 6.45. The monoisotopic (exact) mass is 742 g/mol. The number of rotatable bonds is 8. The van der Waals surface area contributed by atoms with Gasteiger partial charge >= 0.3 is 0 Å². The maximum atomic E-state index is 2.45. The molecule has 0 unspecified atom stereocenters. The summed E-state index contributed by atoms with van der Waals surface area (Å²) < 4.78 is 2.45. The zero-order valence-electron chi connectivity index (χ0n) is 32.7. The van der Waals surface area contributed by atoms with Crippen molar-refractivity contribution in [3.63, 3.8) is 0 Å². The Kier molecular flexibility index (Phi) is 9.01. The number of aromatic nitrogens is 1. The summed E-state index contributed by atoms with van der Waals surface area (Å²) in [4.78, 5) is 2.41. The number of anilines is 3. The molecular formula is C56H42N2. The Hall–Kier alpha value is -7.42. The van der Waals surface area contributed by atoms with Gasteiger partial charge in [0.1, 0.15) is 0 Å². The summed E-state index contributed by atoms with van der Waals surface area (Å²) in [6, 6.07) is 79.6. The Morgan fingerprint density at radius 1 is 0.328 bits per heavy atom. The van der Waals surface area contributed by atoms with Crippen molar-refractivity contribution < 1.29 is 0 Å². The molecule has 0 aliphatic rings. The highest BCUT2D eigenvalue weighted by Crippen LogP contribution is 2.44. The van der Waals surface area contributed by atoms with Crippen molar-refractivity contribution in [2.24, 2.45) is 0 Å². The molecule has 276 valence electrons. The van der Waals surface area contributed by atoms with Crippen LogP contribution in [0.1, 0.15) is 11.1 Å². The van der Waals surface area contributed by atoms with E-state index >= 15 is 0 Å². The van der Waals surface area contributed by atoms with E-state index in [1.165, 1.54) is 71.9 Å². The quantitative estimate of drug-likeness (QED) is 0.150. The van der Waals surface area contributed by atoms with Gasteiger partial charge in [0.15, 0.2) is 0 Å². The zero-order valence-corrected chi connectivity index (χ0v) is 32.7. The van der Waals surface area contributed by atoms with Crippen LogP contribution in [0.25, 0.3) is 72.0 Å². The van der Waals surface area contributed by atoms with Crippen LogP contribution in [-0.4, -0.2) is 4.57 Å². The number of aryl methyl sites for hydroxylation is 2. The van der Waals surface area contributed by atoms with E-state index in [9.17, 15) is 0 Å². The molecule has 1 heterocycles. The Labute approximate surface area is 340 Å². The molecule has 0 radical (unpaired) electrons. The molecule has 0 bridgehead atoms. The number of benzene rings is 9. The fourth-order valence-corrected chi connectivity index (χ4v) is 8.40. The van der Waals surface area contributed by atoms with Gasteiger partial charge in [-0.25, -0.2) is 0 Å². The van der Waals surface area contributed by atoms with Crippen molar-refractivity contribution in [2.75, 3.05) is 4.90 Å². The number of para-hydroxylation sites is 2. The van der Waals surface area contributed by atoms with E-state index in [1.54, 1.807) is 0 Å². The number of nitrogens with zero attached hydrogens (tertiary/aromatic N) is 2. The van der Waals surface area contributed by atoms with Gasteiger partial charge in [-0.2, -0.15) is 0 Å².